The van der Waals surface area contributed by atoms with Crippen LogP contribution in [0.4, 0.5) is 16.3 Å². The summed E-state index contributed by atoms with van der Waals surface area (Å²) in [6.45, 7) is 13.0. The van der Waals surface area contributed by atoms with Crippen LogP contribution in [0.3, 0.4) is 0 Å². The van der Waals surface area contributed by atoms with E-state index in [1.807, 2.05) is 26.0 Å². The predicted octanol–water partition coefficient (Wildman–Crippen LogP) is 4.23. The number of pyridine rings is 1. The Hall–Kier alpha value is -4.21. The van der Waals surface area contributed by atoms with Gasteiger partial charge in [-0.2, -0.15) is 0 Å². The summed E-state index contributed by atoms with van der Waals surface area (Å²) in [5.41, 5.74) is 9.02. The van der Waals surface area contributed by atoms with Crippen molar-refractivity contribution in [1.29, 1.82) is 0 Å². The highest BCUT2D eigenvalue weighted by molar-refractivity contribution is 6.06. The number of anilines is 2. The van der Waals surface area contributed by atoms with Gasteiger partial charge in [0.15, 0.2) is 0 Å². The number of aryl methyl sites for hydroxylation is 3. The monoisotopic (exact) mass is 506 g/mol. The molecule has 0 unspecified atom stereocenters. The highest BCUT2D eigenvalue weighted by atomic mass is 16.6. The molecule has 0 spiro atoms. The molecule has 2 aromatic heterocycles. The number of rotatable bonds is 6. The Morgan fingerprint density at radius 2 is 1.78 bits per heavy atom. The fourth-order valence-corrected chi connectivity index (χ4v) is 3.99. The van der Waals surface area contributed by atoms with Gasteiger partial charge in [0.1, 0.15) is 23.3 Å². The molecule has 0 fully saturated rings. The fourth-order valence-electron chi connectivity index (χ4n) is 3.99. The number of amides is 2. The summed E-state index contributed by atoms with van der Waals surface area (Å²) in [5.74, 6) is -0.889. The third-order valence-electron chi connectivity index (χ3n) is 5.68. The number of nitrogens with two attached hydrogens (primary N) is 1. The highest BCUT2D eigenvalue weighted by Gasteiger charge is 2.22. The van der Waals surface area contributed by atoms with Crippen molar-refractivity contribution in [2.75, 3.05) is 11.1 Å². The predicted molar refractivity (Wildman–Crippen MR) is 143 cm³/mol. The molecule has 0 saturated heterocycles. The molecule has 10 nitrogen and oxygen atoms in total. The van der Waals surface area contributed by atoms with Crippen LogP contribution in [0.15, 0.2) is 41.7 Å². The average Bonchev–Trinajstić information content (AvgIpc) is 2.78. The quantitative estimate of drug-likeness (QED) is 0.454. The van der Waals surface area contributed by atoms with Crippen molar-refractivity contribution in [2.24, 2.45) is 0 Å². The van der Waals surface area contributed by atoms with E-state index in [4.69, 9.17) is 10.5 Å². The standard InChI is InChI=1S/C27H34N6O4/c1-8-18-9-15(2)22(16(3)10-18)33-14-30-23(28)21(25(33)35)24(34)32-20-11-19(12-29-13-20)17(4)31-26(36)37-27(5,6)7/h9-14,17H,8,28H2,1-7H3,(H,31,36)(H,32,34)/t17-/m0/s1. The number of hydrogen-bond donors (Lipinski definition) is 3. The molecule has 3 rings (SSSR count). The van der Waals surface area contributed by atoms with Crippen molar-refractivity contribution in [3.63, 3.8) is 0 Å². The van der Waals surface area contributed by atoms with Crippen molar-refractivity contribution in [3.05, 3.63) is 75.1 Å². The maximum absolute atomic E-state index is 13.4. The SMILES string of the molecule is CCc1cc(C)c(-n2cnc(N)c(C(=O)Nc3cncc([C@H](C)NC(=O)OC(C)(C)C)c3)c2=O)c(C)c1. The van der Waals surface area contributed by atoms with Crippen LogP contribution in [0.2, 0.25) is 0 Å². The topological polar surface area (TPSA) is 141 Å². The third-order valence-corrected chi connectivity index (χ3v) is 5.68. The van der Waals surface area contributed by atoms with Crippen LogP contribution in [-0.4, -0.2) is 32.1 Å². The van der Waals surface area contributed by atoms with Gasteiger partial charge < -0.3 is 21.1 Å². The number of benzene rings is 1. The second-order valence-corrected chi connectivity index (χ2v) is 9.94. The molecule has 0 radical (unpaired) electrons. The number of carbonyl (C=O) groups excluding carboxylic acids is 2. The van der Waals surface area contributed by atoms with Crippen LogP contribution in [0.1, 0.15) is 73.3 Å². The first-order valence-corrected chi connectivity index (χ1v) is 12.0. The summed E-state index contributed by atoms with van der Waals surface area (Å²) in [6.07, 6.45) is 4.63. The molecule has 3 aromatic rings. The van der Waals surface area contributed by atoms with Gasteiger partial charge in [0.25, 0.3) is 11.5 Å². The van der Waals surface area contributed by atoms with E-state index in [-0.39, 0.29) is 11.4 Å². The number of alkyl carbamates (subject to hydrolysis) is 1. The Labute approximate surface area is 216 Å². The van der Waals surface area contributed by atoms with E-state index in [1.165, 1.54) is 17.1 Å². The molecular weight excluding hydrogens is 472 g/mol. The van der Waals surface area contributed by atoms with Gasteiger partial charge in [-0.05, 0) is 76.3 Å². The number of nitrogen functional groups attached to an aromatic ring is 1. The summed E-state index contributed by atoms with van der Waals surface area (Å²) in [5, 5.41) is 5.40. The zero-order valence-corrected chi connectivity index (χ0v) is 22.3. The number of nitrogens with one attached hydrogen (secondary N) is 2. The summed E-state index contributed by atoms with van der Waals surface area (Å²) in [7, 11) is 0. The lowest BCUT2D eigenvalue weighted by atomic mass is 10.0. The van der Waals surface area contributed by atoms with E-state index in [2.05, 4.69) is 27.5 Å². The fraction of sp³-hybridized carbons (Fsp3) is 0.370. The molecule has 4 N–H and O–H groups in total. The van der Waals surface area contributed by atoms with Gasteiger partial charge in [-0.1, -0.05) is 19.1 Å². The first kappa shape index (κ1) is 27.4. The third kappa shape index (κ3) is 6.52. The smallest absolute Gasteiger partial charge is 0.408 e. The highest BCUT2D eigenvalue weighted by Crippen LogP contribution is 2.22. The summed E-state index contributed by atoms with van der Waals surface area (Å²) < 4.78 is 6.63. The van der Waals surface area contributed by atoms with Crippen LogP contribution in [0, 0.1) is 13.8 Å². The Kier molecular flexibility index (Phi) is 8.00. The van der Waals surface area contributed by atoms with Crippen LogP contribution >= 0.6 is 0 Å². The Morgan fingerprint density at radius 1 is 1.14 bits per heavy atom. The minimum absolute atomic E-state index is 0.177. The number of ether oxygens (including phenoxy) is 1. The first-order valence-electron chi connectivity index (χ1n) is 12.0. The van der Waals surface area contributed by atoms with Crippen molar-refractivity contribution < 1.29 is 14.3 Å². The zero-order chi connectivity index (χ0) is 27.5. The molecule has 196 valence electrons. The lowest BCUT2D eigenvalue weighted by Gasteiger charge is -2.22. The maximum Gasteiger partial charge on any atom is 0.408 e. The van der Waals surface area contributed by atoms with Crippen LogP contribution in [-0.2, 0) is 11.2 Å². The van der Waals surface area contributed by atoms with Crippen molar-refractivity contribution >= 4 is 23.5 Å². The molecule has 0 aliphatic carbocycles. The molecule has 2 amide bonds. The van der Waals surface area contributed by atoms with Gasteiger partial charge in [-0.15, -0.1) is 0 Å². The van der Waals surface area contributed by atoms with E-state index in [1.54, 1.807) is 40.0 Å². The molecule has 10 heteroatoms. The van der Waals surface area contributed by atoms with Crippen LogP contribution in [0.25, 0.3) is 5.69 Å². The largest absolute Gasteiger partial charge is 0.444 e. The molecule has 37 heavy (non-hydrogen) atoms. The Bertz CT molecular complexity index is 1370. The Balaban J connectivity index is 1.88. The Morgan fingerprint density at radius 3 is 2.38 bits per heavy atom. The molecule has 1 atom stereocenters. The number of aromatic nitrogens is 3. The van der Waals surface area contributed by atoms with E-state index >= 15 is 0 Å². The molecule has 2 heterocycles. The first-order chi connectivity index (χ1) is 17.3. The van der Waals surface area contributed by atoms with Gasteiger partial charge in [0, 0.05) is 6.20 Å². The minimum atomic E-state index is -0.712. The molecular formula is C27H34N6O4. The molecule has 0 bridgehead atoms. The molecule has 1 aromatic carbocycles. The molecule has 0 aliphatic heterocycles. The maximum atomic E-state index is 13.4. The van der Waals surface area contributed by atoms with E-state index in [9.17, 15) is 14.4 Å². The average molecular weight is 507 g/mol. The normalized spacial score (nSPS) is 12.1. The summed E-state index contributed by atoms with van der Waals surface area (Å²) in [6, 6.07) is 5.22. The van der Waals surface area contributed by atoms with Gasteiger partial charge in [-0.25, -0.2) is 9.78 Å². The van der Waals surface area contributed by atoms with Gasteiger partial charge in [0.05, 0.1) is 23.6 Å². The minimum Gasteiger partial charge on any atom is -0.444 e. The second-order valence-electron chi connectivity index (χ2n) is 9.94. The zero-order valence-electron chi connectivity index (χ0n) is 22.3. The second kappa shape index (κ2) is 10.8. The molecule has 0 saturated carbocycles. The van der Waals surface area contributed by atoms with Gasteiger partial charge in [-0.3, -0.25) is 19.1 Å². The lowest BCUT2D eigenvalue weighted by molar-refractivity contribution is 0.0507. The van der Waals surface area contributed by atoms with Gasteiger partial charge in [0.2, 0.25) is 0 Å². The number of nitrogens with zero attached hydrogens (tertiary/aromatic N) is 3. The summed E-state index contributed by atoms with van der Waals surface area (Å²) in [4.78, 5) is 46.9. The molecule has 0 aliphatic rings. The van der Waals surface area contributed by atoms with E-state index in [0.29, 0.717) is 16.9 Å². The van der Waals surface area contributed by atoms with Crippen molar-refractivity contribution in [3.8, 4) is 5.69 Å². The van der Waals surface area contributed by atoms with E-state index < -0.39 is 29.2 Å². The number of carbonyl (C=O) groups is 2. The van der Waals surface area contributed by atoms with Crippen molar-refractivity contribution in [1.82, 2.24) is 19.9 Å². The van der Waals surface area contributed by atoms with Crippen LogP contribution in [0.5, 0.6) is 0 Å². The van der Waals surface area contributed by atoms with Crippen molar-refractivity contribution in [2.45, 2.75) is 66.5 Å². The van der Waals surface area contributed by atoms with E-state index in [0.717, 1.165) is 23.1 Å². The van der Waals surface area contributed by atoms with Crippen LogP contribution < -0.4 is 21.9 Å². The lowest BCUT2D eigenvalue weighted by Crippen LogP contribution is -2.34. The summed E-state index contributed by atoms with van der Waals surface area (Å²) >= 11 is 0. The number of hydrogen-bond acceptors (Lipinski definition) is 7. The van der Waals surface area contributed by atoms with Gasteiger partial charge >= 0.3 is 6.09 Å².